The Hall–Kier alpha value is -2.35. The minimum absolute atomic E-state index is 0.0489. The van der Waals surface area contributed by atoms with Gasteiger partial charge in [0.05, 0.1) is 15.6 Å². The van der Waals surface area contributed by atoms with Gasteiger partial charge in [0.15, 0.2) is 5.84 Å². The molecule has 9 heteroatoms. The summed E-state index contributed by atoms with van der Waals surface area (Å²) in [6.45, 7) is 8.16. The Kier molecular flexibility index (Phi) is 6.34. The molecule has 166 valence electrons. The molecule has 4 rings (SSSR count). The molecule has 6 nitrogen and oxygen atoms in total. The summed E-state index contributed by atoms with van der Waals surface area (Å²) in [5, 5.41) is 17.1. The zero-order valence-corrected chi connectivity index (χ0v) is 20.6. The Balaban J connectivity index is 1.72. The quantitative estimate of drug-likeness (QED) is 0.491. The number of carbonyl (C=O) groups excluding carboxylic acids is 1. The topological polar surface area (TPSA) is 73.8 Å². The molecule has 1 amide bonds. The molecule has 32 heavy (non-hydrogen) atoms. The number of aliphatic imine (C=N–C) groups is 1. The van der Waals surface area contributed by atoms with E-state index < -0.39 is 5.91 Å². The fourth-order valence-corrected chi connectivity index (χ4v) is 5.37. The molecule has 0 spiro atoms. The van der Waals surface area contributed by atoms with Crippen molar-refractivity contribution in [2.75, 3.05) is 0 Å². The minimum atomic E-state index is -0.422. The van der Waals surface area contributed by atoms with Crippen molar-refractivity contribution in [1.82, 2.24) is 9.58 Å². The van der Waals surface area contributed by atoms with Gasteiger partial charge in [-0.15, -0.1) is 0 Å². The van der Waals surface area contributed by atoms with Crippen LogP contribution in [0.1, 0.15) is 43.6 Å². The van der Waals surface area contributed by atoms with Gasteiger partial charge in [0.25, 0.3) is 5.91 Å². The third-order valence-electron chi connectivity index (χ3n) is 5.74. The van der Waals surface area contributed by atoms with Gasteiger partial charge in [0, 0.05) is 23.0 Å². The van der Waals surface area contributed by atoms with Crippen LogP contribution < -0.4 is 0 Å². The Morgan fingerprint density at radius 3 is 2.53 bits per heavy atom. The van der Waals surface area contributed by atoms with E-state index in [4.69, 9.17) is 28.6 Å². The number of carbonyl (C=O) groups is 1. The number of amides is 1. The van der Waals surface area contributed by atoms with Crippen LogP contribution in [0.15, 0.2) is 39.9 Å². The monoisotopic (exact) mass is 487 g/mol. The van der Waals surface area contributed by atoms with Crippen molar-refractivity contribution in [2.45, 2.75) is 40.5 Å². The number of nitrogens with zero attached hydrogens (tertiary/aromatic N) is 4. The number of nitrogens with one attached hydrogen (secondary N) is 1. The Morgan fingerprint density at radius 1 is 1.16 bits per heavy atom. The molecule has 2 aliphatic rings. The molecule has 0 bridgehead atoms. The number of rotatable bonds is 5. The van der Waals surface area contributed by atoms with Gasteiger partial charge in [-0.1, -0.05) is 37.0 Å². The first kappa shape index (κ1) is 22.8. The smallest absolute Gasteiger partial charge is 0.283 e. The highest BCUT2D eigenvalue weighted by Gasteiger charge is 2.37. The second-order valence-corrected chi connectivity index (χ2v) is 9.53. The van der Waals surface area contributed by atoms with Crippen LogP contribution in [0.3, 0.4) is 0 Å². The van der Waals surface area contributed by atoms with Gasteiger partial charge in [-0.3, -0.25) is 10.2 Å². The number of benzene rings is 1. The number of amidine groups is 2. The van der Waals surface area contributed by atoms with Crippen LogP contribution in [0, 0.1) is 25.2 Å². The van der Waals surface area contributed by atoms with Crippen molar-refractivity contribution in [3.05, 3.63) is 56.8 Å². The van der Waals surface area contributed by atoms with Gasteiger partial charge in [0.1, 0.15) is 5.04 Å². The number of hydrogen-bond donors (Lipinski definition) is 1. The molecule has 3 heterocycles. The number of aromatic nitrogens is 1. The number of hydrogen-bond acceptors (Lipinski definition) is 4. The number of fused-ring (bicyclic) bond motifs is 1. The Labute approximate surface area is 201 Å². The lowest BCUT2D eigenvalue weighted by Crippen LogP contribution is -2.35. The summed E-state index contributed by atoms with van der Waals surface area (Å²) in [5.41, 5.74) is 3.81. The third-order valence-corrected chi connectivity index (χ3v) is 7.55. The zero-order chi connectivity index (χ0) is 23.2. The first-order valence-electron chi connectivity index (χ1n) is 10.4. The molecule has 0 radical (unpaired) electrons. The minimum Gasteiger partial charge on any atom is -0.318 e. The van der Waals surface area contributed by atoms with Crippen LogP contribution in [0.25, 0.3) is 11.8 Å². The largest absolute Gasteiger partial charge is 0.318 e. The lowest BCUT2D eigenvalue weighted by Gasteiger charge is -2.20. The third kappa shape index (κ3) is 3.93. The molecular formula is C23H23Cl2N5OS. The highest BCUT2D eigenvalue weighted by Crippen LogP contribution is 2.34. The van der Waals surface area contributed by atoms with Crippen LogP contribution in [0.5, 0.6) is 0 Å². The van der Waals surface area contributed by atoms with E-state index in [0.717, 1.165) is 40.5 Å². The van der Waals surface area contributed by atoms with E-state index in [1.807, 2.05) is 30.5 Å². The summed E-state index contributed by atoms with van der Waals surface area (Å²) in [6, 6.07) is 7.43. The summed E-state index contributed by atoms with van der Waals surface area (Å²) in [7, 11) is 0. The lowest BCUT2D eigenvalue weighted by molar-refractivity contribution is -0.114. The first-order valence-corrected chi connectivity index (χ1v) is 12.0. The summed E-state index contributed by atoms with van der Waals surface area (Å²) in [6.07, 6.45) is 3.62. The number of halogens is 2. The molecule has 0 fully saturated rings. The highest BCUT2D eigenvalue weighted by atomic mass is 35.5. The van der Waals surface area contributed by atoms with E-state index in [2.05, 4.69) is 23.9 Å². The molecule has 2 aromatic rings. The molecule has 1 aromatic carbocycles. The van der Waals surface area contributed by atoms with E-state index >= 15 is 0 Å². The standard InChI is InChI=1S/C23H23Cl2N5OS/c1-5-14(6-2)22-28-30-20(26)17(21(31)27-23(30)32-22)10-15-9-12(3)29(13(15)4)16-7-8-18(24)19(25)11-16/h7-11,14,26H,5-6H2,1-4H3. The van der Waals surface area contributed by atoms with Gasteiger partial charge in [-0.25, -0.2) is 0 Å². The number of aryl methyl sites for hydroxylation is 1. The van der Waals surface area contributed by atoms with Crippen LogP contribution in [-0.2, 0) is 4.79 Å². The number of thioether (sulfide) groups is 1. The molecule has 0 unspecified atom stereocenters. The fourth-order valence-electron chi connectivity index (χ4n) is 3.92. The first-order chi connectivity index (χ1) is 15.2. The summed E-state index contributed by atoms with van der Waals surface area (Å²) < 4.78 is 2.04. The van der Waals surface area contributed by atoms with Crippen molar-refractivity contribution in [2.24, 2.45) is 16.0 Å². The zero-order valence-electron chi connectivity index (χ0n) is 18.2. The van der Waals surface area contributed by atoms with Crippen LogP contribution in [0.2, 0.25) is 10.0 Å². The Morgan fingerprint density at radius 2 is 1.88 bits per heavy atom. The molecular weight excluding hydrogens is 465 g/mol. The predicted molar refractivity (Wildman–Crippen MR) is 134 cm³/mol. The SMILES string of the molecule is CCC(CC)C1=NN2C(=N)C(=Cc3cc(C)n(-c4ccc(Cl)c(Cl)c4)c3C)C(=O)N=C2S1. The van der Waals surface area contributed by atoms with Crippen molar-refractivity contribution < 1.29 is 4.79 Å². The molecule has 0 saturated carbocycles. The van der Waals surface area contributed by atoms with E-state index in [-0.39, 0.29) is 11.4 Å². The van der Waals surface area contributed by atoms with Gasteiger partial charge >= 0.3 is 0 Å². The van der Waals surface area contributed by atoms with Crippen LogP contribution in [0.4, 0.5) is 0 Å². The average molecular weight is 488 g/mol. The van der Waals surface area contributed by atoms with E-state index in [0.29, 0.717) is 21.1 Å². The average Bonchev–Trinajstić information content (AvgIpc) is 3.29. The van der Waals surface area contributed by atoms with Crippen LogP contribution in [-0.4, -0.2) is 31.5 Å². The van der Waals surface area contributed by atoms with Crippen molar-refractivity contribution >= 4 is 63.0 Å². The Bertz CT molecular complexity index is 1220. The van der Waals surface area contributed by atoms with Crippen molar-refractivity contribution in [1.29, 1.82) is 5.41 Å². The van der Waals surface area contributed by atoms with Crippen molar-refractivity contribution in [3.63, 3.8) is 0 Å². The molecule has 1 aromatic heterocycles. The molecule has 1 N–H and O–H groups in total. The summed E-state index contributed by atoms with van der Waals surface area (Å²) in [5.74, 6) is -0.0735. The maximum atomic E-state index is 12.8. The molecule has 0 atom stereocenters. The van der Waals surface area contributed by atoms with E-state index in [9.17, 15) is 4.79 Å². The normalized spacial score (nSPS) is 17.3. The van der Waals surface area contributed by atoms with Gasteiger partial charge in [-0.05, 0) is 74.4 Å². The fraction of sp³-hybridized carbons (Fsp3) is 0.304. The second-order valence-electron chi connectivity index (χ2n) is 7.73. The maximum absolute atomic E-state index is 12.8. The predicted octanol–water partition coefficient (Wildman–Crippen LogP) is 6.46. The molecule has 0 saturated heterocycles. The van der Waals surface area contributed by atoms with Crippen molar-refractivity contribution in [3.8, 4) is 5.69 Å². The number of hydrazone groups is 1. The summed E-state index contributed by atoms with van der Waals surface area (Å²) >= 11 is 13.7. The van der Waals surface area contributed by atoms with Gasteiger partial charge in [0.2, 0.25) is 5.17 Å². The lowest BCUT2D eigenvalue weighted by atomic mass is 10.1. The maximum Gasteiger partial charge on any atom is 0.283 e. The van der Waals surface area contributed by atoms with E-state index in [1.54, 1.807) is 18.2 Å². The molecule has 2 aliphatic heterocycles. The highest BCUT2D eigenvalue weighted by molar-refractivity contribution is 8.27. The van der Waals surface area contributed by atoms with E-state index in [1.165, 1.54) is 16.8 Å². The van der Waals surface area contributed by atoms with Gasteiger partial charge < -0.3 is 4.57 Å². The second kappa shape index (κ2) is 8.89. The molecule has 0 aliphatic carbocycles. The van der Waals surface area contributed by atoms with Gasteiger partial charge in [-0.2, -0.15) is 15.1 Å². The summed E-state index contributed by atoms with van der Waals surface area (Å²) in [4.78, 5) is 17.0. The van der Waals surface area contributed by atoms with Crippen LogP contribution >= 0.6 is 35.0 Å².